The molecule has 1 heterocycles. The van der Waals surface area contributed by atoms with Crippen molar-refractivity contribution in [2.45, 2.75) is 13.5 Å². The average Bonchev–Trinajstić information content (AvgIpc) is 2.83. The van der Waals surface area contributed by atoms with Gasteiger partial charge >= 0.3 is 11.7 Å². The highest BCUT2D eigenvalue weighted by molar-refractivity contribution is 5.83. The Hall–Kier alpha value is -2.45. The minimum atomic E-state index is -0.564. The summed E-state index contributed by atoms with van der Waals surface area (Å²) in [5.41, 5.74) is -0.137. The van der Waals surface area contributed by atoms with E-state index in [0.29, 0.717) is 0 Å². The van der Waals surface area contributed by atoms with Crippen molar-refractivity contribution in [3.05, 3.63) is 22.5 Å². The predicted molar refractivity (Wildman–Crippen MR) is 63.1 cm³/mol. The Morgan fingerprint density at radius 1 is 1.63 bits per heavy atom. The normalized spacial score (nSPS) is 11.7. The van der Waals surface area contributed by atoms with Crippen LogP contribution in [0.3, 0.4) is 0 Å². The van der Waals surface area contributed by atoms with Gasteiger partial charge in [0.2, 0.25) is 5.91 Å². The van der Waals surface area contributed by atoms with Gasteiger partial charge < -0.3 is 10.1 Å². The van der Waals surface area contributed by atoms with Gasteiger partial charge in [-0.2, -0.15) is 5.10 Å². The van der Waals surface area contributed by atoms with E-state index in [4.69, 9.17) is 0 Å². The maximum atomic E-state index is 11.6. The average molecular weight is 270 g/mol. The summed E-state index contributed by atoms with van der Waals surface area (Å²) in [6.45, 7) is 1.60. The third kappa shape index (κ3) is 4.37. The number of methoxy groups -OCH3 is 1. The maximum Gasteiger partial charge on any atom is 0.325 e. The number of rotatable bonds is 6. The van der Waals surface area contributed by atoms with E-state index < -0.39 is 16.8 Å². The van der Waals surface area contributed by atoms with Gasteiger partial charge in [-0.1, -0.05) is 6.92 Å². The Morgan fingerprint density at radius 2 is 2.32 bits per heavy atom. The van der Waals surface area contributed by atoms with Crippen LogP contribution in [0.4, 0.5) is 5.69 Å². The molecule has 1 unspecified atom stereocenters. The minimum Gasteiger partial charge on any atom is -0.468 e. The van der Waals surface area contributed by atoms with Crippen molar-refractivity contribution in [3.8, 4) is 0 Å². The largest absolute Gasteiger partial charge is 0.468 e. The topological polar surface area (TPSA) is 116 Å². The van der Waals surface area contributed by atoms with Crippen LogP contribution in [0.2, 0.25) is 0 Å². The minimum absolute atomic E-state index is 0.137. The summed E-state index contributed by atoms with van der Waals surface area (Å²) in [6.07, 6.45) is 2.35. The van der Waals surface area contributed by atoms with E-state index in [2.05, 4.69) is 15.2 Å². The number of carbonyl (C=O) groups is 2. The molecule has 1 rings (SSSR count). The third-order valence-electron chi connectivity index (χ3n) is 2.37. The van der Waals surface area contributed by atoms with Crippen LogP contribution in [0, 0.1) is 16.0 Å². The molecule has 0 spiro atoms. The smallest absolute Gasteiger partial charge is 0.325 e. The predicted octanol–water partition coefficient (Wildman–Crippen LogP) is -0.283. The van der Waals surface area contributed by atoms with E-state index in [9.17, 15) is 19.7 Å². The molecule has 0 aliphatic rings. The molecule has 0 bridgehead atoms. The van der Waals surface area contributed by atoms with Crippen LogP contribution in [0.1, 0.15) is 6.92 Å². The van der Waals surface area contributed by atoms with Crippen molar-refractivity contribution >= 4 is 17.6 Å². The summed E-state index contributed by atoms with van der Waals surface area (Å²) < 4.78 is 5.69. The zero-order valence-electron chi connectivity index (χ0n) is 10.5. The van der Waals surface area contributed by atoms with E-state index in [0.717, 1.165) is 6.20 Å². The molecule has 1 N–H and O–H groups in total. The summed E-state index contributed by atoms with van der Waals surface area (Å²) in [5, 5.41) is 16.6. The standard InChI is InChI=1S/C10H14N4O5/c1-7(10(16)11-4-9(15)19-2)5-13-6-8(3-12-13)14(17)18/h3,6-7H,4-5H2,1-2H3,(H,11,16). The number of amides is 1. The highest BCUT2D eigenvalue weighted by Gasteiger charge is 2.17. The molecule has 1 aromatic rings. The van der Waals surface area contributed by atoms with Gasteiger partial charge in [-0.3, -0.25) is 24.4 Å². The molecule has 9 heteroatoms. The van der Waals surface area contributed by atoms with E-state index in [1.165, 1.54) is 18.0 Å². The Kier molecular flexibility index (Phi) is 4.98. The molecule has 0 saturated carbocycles. The monoisotopic (exact) mass is 270 g/mol. The summed E-state index contributed by atoms with van der Waals surface area (Å²) >= 11 is 0. The molecule has 0 aliphatic carbocycles. The molecule has 19 heavy (non-hydrogen) atoms. The van der Waals surface area contributed by atoms with Crippen LogP contribution in [0.25, 0.3) is 0 Å². The van der Waals surface area contributed by atoms with Crippen LogP contribution in [0.15, 0.2) is 12.4 Å². The fraction of sp³-hybridized carbons (Fsp3) is 0.500. The lowest BCUT2D eigenvalue weighted by Crippen LogP contribution is -2.35. The molecule has 0 aromatic carbocycles. The quantitative estimate of drug-likeness (QED) is 0.431. The second kappa shape index (κ2) is 6.47. The Bertz CT molecular complexity index is 484. The van der Waals surface area contributed by atoms with E-state index in [1.54, 1.807) is 6.92 Å². The number of esters is 1. The first kappa shape index (κ1) is 14.6. The molecule has 0 saturated heterocycles. The number of ether oxygens (including phenoxy) is 1. The van der Waals surface area contributed by atoms with Gasteiger partial charge in [0, 0.05) is 0 Å². The Labute approximate surface area is 108 Å². The number of carbonyl (C=O) groups excluding carboxylic acids is 2. The highest BCUT2D eigenvalue weighted by atomic mass is 16.6. The van der Waals surface area contributed by atoms with Gasteiger partial charge in [-0.05, 0) is 0 Å². The molecule has 0 radical (unpaired) electrons. The molecule has 0 fully saturated rings. The first-order chi connectivity index (χ1) is 8.93. The lowest BCUT2D eigenvalue weighted by Gasteiger charge is -2.11. The second-order valence-electron chi connectivity index (χ2n) is 3.87. The van der Waals surface area contributed by atoms with Gasteiger partial charge in [0.25, 0.3) is 0 Å². The van der Waals surface area contributed by atoms with Crippen molar-refractivity contribution in [1.29, 1.82) is 0 Å². The first-order valence-electron chi connectivity index (χ1n) is 5.45. The fourth-order valence-corrected chi connectivity index (χ4v) is 1.32. The molecule has 104 valence electrons. The van der Waals surface area contributed by atoms with Crippen molar-refractivity contribution in [2.75, 3.05) is 13.7 Å². The molecule has 0 aliphatic heterocycles. The number of nitrogens with one attached hydrogen (secondary N) is 1. The van der Waals surface area contributed by atoms with Crippen molar-refractivity contribution in [1.82, 2.24) is 15.1 Å². The lowest BCUT2D eigenvalue weighted by atomic mass is 10.1. The van der Waals surface area contributed by atoms with E-state index >= 15 is 0 Å². The van der Waals surface area contributed by atoms with Crippen LogP contribution >= 0.6 is 0 Å². The molecular weight excluding hydrogens is 256 g/mol. The van der Waals surface area contributed by atoms with Crippen molar-refractivity contribution < 1.29 is 19.2 Å². The molecule has 9 nitrogen and oxygen atoms in total. The number of hydrogen-bond donors (Lipinski definition) is 1. The summed E-state index contributed by atoms with van der Waals surface area (Å²) in [4.78, 5) is 32.4. The maximum absolute atomic E-state index is 11.6. The third-order valence-corrected chi connectivity index (χ3v) is 2.37. The summed E-state index contributed by atoms with van der Waals surface area (Å²) in [7, 11) is 1.22. The highest BCUT2D eigenvalue weighted by Crippen LogP contribution is 2.09. The zero-order chi connectivity index (χ0) is 14.4. The van der Waals surface area contributed by atoms with Crippen LogP contribution in [0.5, 0.6) is 0 Å². The van der Waals surface area contributed by atoms with Crippen LogP contribution in [-0.4, -0.2) is 40.2 Å². The second-order valence-corrected chi connectivity index (χ2v) is 3.87. The van der Waals surface area contributed by atoms with Gasteiger partial charge in [-0.15, -0.1) is 0 Å². The first-order valence-corrected chi connectivity index (χ1v) is 5.45. The van der Waals surface area contributed by atoms with Crippen molar-refractivity contribution in [2.24, 2.45) is 5.92 Å². The zero-order valence-corrected chi connectivity index (χ0v) is 10.5. The molecule has 1 aromatic heterocycles. The number of aromatic nitrogens is 2. The van der Waals surface area contributed by atoms with Gasteiger partial charge in [0.1, 0.15) is 18.9 Å². The van der Waals surface area contributed by atoms with Crippen LogP contribution < -0.4 is 5.32 Å². The van der Waals surface area contributed by atoms with Crippen molar-refractivity contribution in [3.63, 3.8) is 0 Å². The summed E-state index contributed by atoms with van der Waals surface area (Å²) in [5.74, 6) is -1.39. The van der Waals surface area contributed by atoms with Gasteiger partial charge in [-0.25, -0.2) is 0 Å². The van der Waals surface area contributed by atoms with Gasteiger partial charge in [0.15, 0.2) is 0 Å². The Morgan fingerprint density at radius 3 is 2.84 bits per heavy atom. The van der Waals surface area contributed by atoms with E-state index in [-0.39, 0.29) is 24.7 Å². The molecule has 1 amide bonds. The molecule has 1 atom stereocenters. The Balaban J connectivity index is 2.49. The number of nitro groups is 1. The van der Waals surface area contributed by atoms with Gasteiger partial charge in [0.05, 0.1) is 24.5 Å². The SMILES string of the molecule is COC(=O)CNC(=O)C(C)Cn1cc([N+](=O)[O-])cn1. The van der Waals surface area contributed by atoms with Crippen LogP contribution in [-0.2, 0) is 20.9 Å². The summed E-state index contributed by atoms with van der Waals surface area (Å²) in [6, 6.07) is 0. The fourth-order valence-electron chi connectivity index (χ4n) is 1.32. The van der Waals surface area contributed by atoms with E-state index in [1.807, 2.05) is 0 Å². The molecular formula is C10H14N4O5. The lowest BCUT2D eigenvalue weighted by molar-refractivity contribution is -0.385. The number of nitrogens with zero attached hydrogens (tertiary/aromatic N) is 3. The number of hydrogen-bond acceptors (Lipinski definition) is 6.